The molecule has 31 heavy (non-hydrogen) atoms. The van der Waals surface area contributed by atoms with Crippen molar-refractivity contribution in [1.29, 1.82) is 0 Å². The van der Waals surface area contributed by atoms with Gasteiger partial charge in [0.05, 0.1) is 6.54 Å². The van der Waals surface area contributed by atoms with E-state index in [9.17, 15) is 13.2 Å². The number of halogens is 3. The first-order chi connectivity index (χ1) is 14.8. The highest BCUT2D eigenvalue weighted by atomic mass is 19.4. The van der Waals surface area contributed by atoms with Crippen molar-refractivity contribution in [3.63, 3.8) is 0 Å². The van der Waals surface area contributed by atoms with Crippen molar-refractivity contribution >= 4 is 5.96 Å². The maximum Gasteiger partial charge on any atom is 0.401 e. The fraction of sp³-hybridized carbons (Fsp3) is 0.850. The summed E-state index contributed by atoms with van der Waals surface area (Å²) in [6, 6.07) is 0. The molecule has 8 nitrogen and oxygen atoms in total. The molecule has 0 aromatic carbocycles. The average molecular weight is 448 g/mol. The third kappa shape index (κ3) is 9.86. The standard InChI is InChI=1S/C20H36F3N7O/c1-4-31-13-5-9-24-19(26-14-18-28-27-16(2)29(18)3)25-10-6-17-7-11-30(12-8-17)15-20(21,22)23/h17H,4-15H2,1-3H3,(H2,24,25,26). The number of hydrogen-bond donors (Lipinski definition) is 2. The highest BCUT2D eigenvalue weighted by molar-refractivity contribution is 5.79. The first-order valence-corrected chi connectivity index (χ1v) is 11.0. The van der Waals surface area contributed by atoms with E-state index in [0.29, 0.717) is 44.7 Å². The van der Waals surface area contributed by atoms with Gasteiger partial charge in [0.1, 0.15) is 12.4 Å². The van der Waals surface area contributed by atoms with E-state index in [-0.39, 0.29) is 0 Å². The normalized spacial score (nSPS) is 16.6. The van der Waals surface area contributed by atoms with Crippen molar-refractivity contribution in [2.24, 2.45) is 18.0 Å². The summed E-state index contributed by atoms with van der Waals surface area (Å²) in [7, 11) is 1.91. The minimum Gasteiger partial charge on any atom is -0.382 e. The zero-order chi connectivity index (χ0) is 22.7. The minimum atomic E-state index is -4.12. The number of guanidine groups is 1. The molecule has 2 rings (SSSR count). The molecular weight excluding hydrogens is 411 g/mol. The molecule has 2 N–H and O–H groups in total. The monoisotopic (exact) mass is 447 g/mol. The van der Waals surface area contributed by atoms with Crippen LogP contribution in [0.2, 0.25) is 0 Å². The topological polar surface area (TPSA) is 79.6 Å². The molecule has 0 aliphatic carbocycles. The Kier molecular flexibility index (Phi) is 10.5. The van der Waals surface area contributed by atoms with Crippen molar-refractivity contribution in [3.05, 3.63) is 11.6 Å². The molecule has 1 aliphatic rings. The van der Waals surface area contributed by atoms with Gasteiger partial charge in [-0.2, -0.15) is 13.2 Å². The van der Waals surface area contributed by atoms with Crippen LogP contribution in [0.1, 0.15) is 44.3 Å². The fourth-order valence-electron chi connectivity index (χ4n) is 3.52. The Morgan fingerprint density at radius 1 is 1.19 bits per heavy atom. The lowest BCUT2D eigenvalue weighted by Crippen LogP contribution is -2.42. The van der Waals surface area contributed by atoms with Gasteiger partial charge in [0.2, 0.25) is 0 Å². The van der Waals surface area contributed by atoms with Crippen LogP contribution in [-0.4, -0.2) is 77.7 Å². The second-order valence-electron chi connectivity index (χ2n) is 7.91. The van der Waals surface area contributed by atoms with Crippen LogP contribution in [0, 0.1) is 12.8 Å². The molecule has 11 heteroatoms. The molecule has 1 aliphatic heterocycles. The smallest absolute Gasteiger partial charge is 0.382 e. The first kappa shape index (κ1) is 25.4. The van der Waals surface area contributed by atoms with E-state index in [4.69, 9.17) is 4.74 Å². The summed E-state index contributed by atoms with van der Waals surface area (Å²) in [4.78, 5) is 6.12. The molecule has 1 aromatic rings. The second kappa shape index (κ2) is 12.8. The zero-order valence-corrected chi connectivity index (χ0v) is 18.8. The van der Waals surface area contributed by atoms with Crippen molar-refractivity contribution < 1.29 is 17.9 Å². The van der Waals surface area contributed by atoms with Crippen molar-refractivity contribution in [2.75, 3.05) is 45.9 Å². The molecule has 0 unspecified atom stereocenters. The molecule has 0 spiro atoms. The van der Waals surface area contributed by atoms with Crippen LogP contribution in [0.25, 0.3) is 0 Å². The Labute approximate surface area is 182 Å². The third-order valence-corrected chi connectivity index (χ3v) is 5.48. The minimum absolute atomic E-state index is 0.411. The van der Waals surface area contributed by atoms with Crippen LogP contribution in [0.5, 0.6) is 0 Å². The van der Waals surface area contributed by atoms with Crippen LogP contribution in [0.4, 0.5) is 13.2 Å². The van der Waals surface area contributed by atoms with Crippen LogP contribution < -0.4 is 10.6 Å². The highest BCUT2D eigenvalue weighted by Crippen LogP contribution is 2.23. The number of aliphatic imine (C=N–C) groups is 1. The summed E-state index contributed by atoms with van der Waals surface area (Å²) in [6.45, 7) is 7.33. The lowest BCUT2D eigenvalue weighted by atomic mass is 9.93. The Morgan fingerprint density at radius 2 is 1.90 bits per heavy atom. The molecule has 1 aromatic heterocycles. The number of nitrogens with zero attached hydrogens (tertiary/aromatic N) is 5. The van der Waals surface area contributed by atoms with E-state index < -0.39 is 12.7 Å². The predicted molar refractivity (Wildman–Crippen MR) is 114 cm³/mol. The van der Waals surface area contributed by atoms with E-state index in [0.717, 1.165) is 50.4 Å². The molecule has 1 saturated heterocycles. The predicted octanol–water partition coefficient (Wildman–Crippen LogP) is 2.25. The molecular formula is C20H36F3N7O. The molecule has 0 saturated carbocycles. The Hall–Kier alpha value is -1.88. The van der Waals surface area contributed by atoms with E-state index in [1.54, 1.807) is 0 Å². The van der Waals surface area contributed by atoms with E-state index >= 15 is 0 Å². The summed E-state index contributed by atoms with van der Waals surface area (Å²) in [5.41, 5.74) is 0. The molecule has 0 radical (unpaired) electrons. The quantitative estimate of drug-likeness (QED) is 0.308. The summed E-state index contributed by atoms with van der Waals surface area (Å²) in [6.07, 6.45) is -0.749. The van der Waals surface area contributed by atoms with Crippen molar-refractivity contribution in [2.45, 2.75) is 52.3 Å². The SMILES string of the molecule is CCOCCCNC(=NCc1nnc(C)n1C)NCCC1CCN(CC(F)(F)F)CC1. The molecule has 1 fully saturated rings. The van der Waals surface area contributed by atoms with Gasteiger partial charge in [0.15, 0.2) is 11.8 Å². The summed E-state index contributed by atoms with van der Waals surface area (Å²) < 4.78 is 44.9. The van der Waals surface area contributed by atoms with Gasteiger partial charge in [-0.05, 0) is 58.5 Å². The highest BCUT2D eigenvalue weighted by Gasteiger charge is 2.32. The van der Waals surface area contributed by atoms with Gasteiger partial charge in [-0.1, -0.05) is 0 Å². The molecule has 2 heterocycles. The number of aryl methyl sites for hydroxylation is 1. The lowest BCUT2D eigenvalue weighted by molar-refractivity contribution is -0.148. The Morgan fingerprint density at radius 3 is 2.52 bits per heavy atom. The first-order valence-electron chi connectivity index (χ1n) is 11.0. The van der Waals surface area contributed by atoms with E-state index in [1.807, 2.05) is 25.5 Å². The maximum absolute atomic E-state index is 12.5. The Balaban J connectivity index is 1.78. The van der Waals surface area contributed by atoms with Gasteiger partial charge in [-0.3, -0.25) is 4.90 Å². The number of hydrogen-bond acceptors (Lipinski definition) is 5. The van der Waals surface area contributed by atoms with Gasteiger partial charge in [0, 0.05) is 33.4 Å². The number of alkyl halides is 3. The fourth-order valence-corrected chi connectivity index (χ4v) is 3.52. The Bertz CT molecular complexity index is 670. The largest absolute Gasteiger partial charge is 0.401 e. The summed E-state index contributed by atoms with van der Waals surface area (Å²) in [5, 5.41) is 14.9. The van der Waals surface area contributed by atoms with Crippen LogP contribution in [-0.2, 0) is 18.3 Å². The zero-order valence-electron chi connectivity index (χ0n) is 18.8. The number of aromatic nitrogens is 3. The van der Waals surface area contributed by atoms with Gasteiger partial charge >= 0.3 is 6.18 Å². The number of ether oxygens (including phenoxy) is 1. The molecule has 0 bridgehead atoms. The molecule has 0 atom stereocenters. The van der Waals surface area contributed by atoms with Crippen molar-refractivity contribution in [3.8, 4) is 0 Å². The van der Waals surface area contributed by atoms with Gasteiger partial charge < -0.3 is 19.9 Å². The van der Waals surface area contributed by atoms with Gasteiger partial charge in [-0.25, -0.2) is 4.99 Å². The van der Waals surface area contributed by atoms with Crippen LogP contribution in [0.15, 0.2) is 4.99 Å². The number of nitrogens with one attached hydrogen (secondary N) is 2. The number of rotatable bonds is 11. The van der Waals surface area contributed by atoms with Crippen LogP contribution >= 0.6 is 0 Å². The maximum atomic E-state index is 12.5. The van der Waals surface area contributed by atoms with E-state index in [2.05, 4.69) is 25.8 Å². The van der Waals surface area contributed by atoms with Crippen molar-refractivity contribution in [1.82, 2.24) is 30.3 Å². The number of piperidine rings is 1. The third-order valence-electron chi connectivity index (χ3n) is 5.48. The van der Waals surface area contributed by atoms with Gasteiger partial charge in [-0.15, -0.1) is 10.2 Å². The van der Waals surface area contributed by atoms with Gasteiger partial charge in [0.25, 0.3) is 0 Å². The average Bonchev–Trinajstić information content (AvgIpc) is 3.03. The molecule has 178 valence electrons. The number of likely N-dealkylation sites (tertiary alicyclic amines) is 1. The van der Waals surface area contributed by atoms with Crippen LogP contribution in [0.3, 0.4) is 0 Å². The summed E-state index contributed by atoms with van der Waals surface area (Å²) in [5.74, 6) is 2.75. The van der Waals surface area contributed by atoms with E-state index in [1.165, 1.54) is 4.90 Å². The lowest BCUT2D eigenvalue weighted by Gasteiger charge is -2.32. The summed E-state index contributed by atoms with van der Waals surface area (Å²) >= 11 is 0. The second-order valence-corrected chi connectivity index (χ2v) is 7.91. The molecule has 0 amide bonds.